The second-order valence-corrected chi connectivity index (χ2v) is 7.75. The third kappa shape index (κ3) is 5.43. The fourth-order valence-corrected chi connectivity index (χ4v) is 3.74. The zero-order chi connectivity index (χ0) is 24.7. The van der Waals surface area contributed by atoms with E-state index in [0.717, 1.165) is 4.90 Å². The van der Waals surface area contributed by atoms with E-state index in [9.17, 15) is 24.3 Å². The Morgan fingerprint density at radius 2 is 2.00 bits per heavy atom. The summed E-state index contributed by atoms with van der Waals surface area (Å²) in [6, 6.07) is 6.45. The first kappa shape index (κ1) is 24.5. The molecule has 178 valence electrons. The topological polar surface area (TPSA) is 129 Å². The molecule has 0 spiro atoms. The summed E-state index contributed by atoms with van der Waals surface area (Å²) in [5.74, 6) is -2.54. The Balaban J connectivity index is 1.73. The Morgan fingerprint density at radius 1 is 1.21 bits per heavy atom. The first-order valence-corrected chi connectivity index (χ1v) is 10.9. The quantitative estimate of drug-likeness (QED) is 0.324. The predicted molar refractivity (Wildman–Crippen MR) is 125 cm³/mol. The number of rotatable bonds is 12. The molecule has 1 aliphatic rings. The summed E-state index contributed by atoms with van der Waals surface area (Å²) in [6.07, 6.45) is 7.01. The van der Waals surface area contributed by atoms with Gasteiger partial charge in [-0.2, -0.15) is 0 Å². The summed E-state index contributed by atoms with van der Waals surface area (Å²) >= 11 is 0. The van der Waals surface area contributed by atoms with E-state index in [1.54, 1.807) is 30.3 Å². The fraction of sp³-hybridized carbons (Fsp3) is 0.280. The van der Waals surface area contributed by atoms with Gasteiger partial charge in [0.1, 0.15) is 11.8 Å². The Kier molecular flexibility index (Phi) is 8.02. The molecule has 1 aromatic heterocycles. The fourth-order valence-electron chi connectivity index (χ4n) is 3.74. The van der Waals surface area contributed by atoms with Gasteiger partial charge in [-0.3, -0.25) is 19.3 Å². The number of anilines is 1. The number of hydrogen-bond acceptors (Lipinski definition) is 6. The molecule has 0 fully saturated rings. The van der Waals surface area contributed by atoms with Crippen LogP contribution >= 0.6 is 0 Å². The van der Waals surface area contributed by atoms with Crippen LogP contribution in [0.3, 0.4) is 0 Å². The number of carbonyl (C=O) groups excluding carboxylic acids is 3. The van der Waals surface area contributed by atoms with Crippen molar-refractivity contribution in [3.8, 4) is 0 Å². The zero-order valence-electron chi connectivity index (χ0n) is 18.8. The summed E-state index contributed by atoms with van der Waals surface area (Å²) in [7, 11) is 0. The maximum atomic E-state index is 13.2. The molecule has 2 atom stereocenters. The van der Waals surface area contributed by atoms with Crippen LogP contribution in [-0.4, -0.2) is 45.8 Å². The van der Waals surface area contributed by atoms with Crippen LogP contribution in [0.2, 0.25) is 0 Å². The monoisotopic (exact) mass is 465 g/mol. The van der Waals surface area contributed by atoms with E-state index in [1.807, 2.05) is 19.1 Å². The van der Waals surface area contributed by atoms with Crippen molar-refractivity contribution in [2.45, 2.75) is 44.8 Å². The van der Waals surface area contributed by atoms with Crippen molar-refractivity contribution < 1.29 is 28.7 Å². The largest absolute Gasteiger partial charge is 0.480 e. The molecule has 0 bridgehead atoms. The van der Waals surface area contributed by atoms with Crippen molar-refractivity contribution in [2.75, 3.05) is 5.32 Å². The Morgan fingerprint density at radius 3 is 2.65 bits per heavy atom. The van der Waals surface area contributed by atoms with Gasteiger partial charge in [-0.25, -0.2) is 4.79 Å². The number of amides is 3. The lowest BCUT2D eigenvalue weighted by atomic mass is 10.1. The van der Waals surface area contributed by atoms with E-state index >= 15 is 0 Å². The minimum Gasteiger partial charge on any atom is -0.480 e. The van der Waals surface area contributed by atoms with E-state index in [1.165, 1.54) is 12.3 Å². The van der Waals surface area contributed by atoms with Crippen molar-refractivity contribution in [3.05, 3.63) is 78.3 Å². The number of nitrogens with zero attached hydrogens (tertiary/aromatic N) is 1. The molecule has 0 aliphatic carbocycles. The van der Waals surface area contributed by atoms with Crippen molar-refractivity contribution in [3.63, 3.8) is 0 Å². The Labute approximate surface area is 197 Å². The molecule has 3 amide bonds. The van der Waals surface area contributed by atoms with Gasteiger partial charge in [0, 0.05) is 12.1 Å². The lowest BCUT2D eigenvalue weighted by molar-refractivity contribution is -0.142. The maximum Gasteiger partial charge on any atom is 0.326 e. The average molecular weight is 466 g/mol. The highest BCUT2D eigenvalue weighted by atomic mass is 16.4. The van der Waals surface area contributed by atoms with E-state index in [2.05, 4.69) is 17.2 Å². The molecule has 0 saturated heterocycles. The number of benzene rings is 1. The van der Waals surface area contributed by atoms with Crippen LogP contribution in [0.1, 0.15) is 52.7 Å². The zero-order valence-corrected chi connectivity index (χ0v) is 18.8. The molecule has 1 aromatic carbocycles. The third-order valence-corrected chi connectivity index (χ3v) is 5.48. The average Bonchev–Trinajstić information content (AvgIpc) is 3.43. The van der Waals surface area contributed by atoms with Crippen LogP contribution < -0.4 is 10.6 Å². The smallest absolute Gasteiger partial charge is 0.326 e. The number of carboxylic acids is 1. The number of fused-ring (bicyclic) bond motifs is 1. The van der Waals surface area contributed by atoms with Crippen LogP contribution in [-0.2, 0) is 16.1 Å². The van der Waals surface area contributed by atoms with Crippen LogP contribution in [0, 0.1) is 0 Å². The van der Waals surface area contributed by atoms with Crippen LogP contribution in [0.25, 0.3) is 0 Å². The first-order valence-electron chi connectivity index (χ1n) is 10.9. The van der Waals surface area contributed by atoms with Crippen LogP contribution in [0.4, 0.5) is 5.69 Å². The molecule has 1 aliphatic heterocycles. The summed E-state index contributed by atoms with van der Waals surface area (Å²) in [4.78, 5) is 51.3. The molecule has 3 N–H and O–H groups in total. The van der Waals surface area contributed by atoms with Gasteiger partial charge in [0.25, 0.3) is 11.8 Å². The van der Waals surface area contributed by atoms with Gasteiger partial charge in [0.2, 0.25) is 5.91 Å². The third-order valence-electron chi connectivity index (χ3n) is 5.48. The number of nitrogens with one attached hydrogen (secondary N) is 2. The molecule has 9 nitrogen and oxygen atoms in total. The van der Waals surface area contributed by atoms with Gasteiger partial charge in [0.15, 0.2) is 0 Å². The van der Waals surface area contributed by atoms with Gasteiger partial charge >= 0.3 is 5.97 Å². The highest BCUT2D eigenvalue weighted by Crippen LogP contribution is 2.32. The van der Waals surface area contributed by atoms with E-state index in [4.69, 9.17) is 4.42 Å². The first-order chi connectivity index (χ1) is 16.4. The van der Waals surface area contributed by atoms with Crippen molar-refractivity contribution in [1.29, 1.82) is 0 Å². The van der Waals surface area contributed by atoms with Crippen molar-refractivity contribution in [2.24, 2.45) is 0 Å². The predicted octanol–water partition coefficient (Wildman–Crippen LogP) is 3.36. The molecular formula is C25H27N3O6. The van der Waals surface area contributed by atoms with E-state index in [0.29, 0.717) is 17.9 Å². The van der Waals surface area contributed by atoms with E-state index in [-0.39, 0.29) is 36.6 Å². The summed E-state index contributed by atoms with van der Waals surface area (Å²) in [5.41, 5.74) is 0.616. The number of carbonyl (C=O) groups is 4. The minimum atomic E-state index is -1.48. The number of allylic oxidation sites excluding steroid dienone is 1. The minimum absolute atomic E-state index is 0.104. The van der Waals surface area contributed by atoms with Gasteiger partial charge < -0.3 is 20.2 Å². The van der Waals surface area contributed by atoms with Gasteiger partial charge in [-0.15, -0.1) is 6.58 Å². The SMILES string of the molecule is C=CC(C/C=C\C)NC(=O)CCC(C(=O)O)N1C(=O)c2cccc(NCc3ccco3)c2C1=O. The van der Waals surface area contributed by atoms with Crippen LogP contribution in [0.15, 0.2) is 65.8 Å². The molecule has 2 aromatic rings. The second-order valence-electron chi connectivity index (χ2n) is 7.75. The standard InChI is InChI=1S/C25H27N3O6/c1-3-5-8-16(4-2)27-21(29)13-12-20(25(32)33)28-23(30)18-10-6-11-19(22(18)24(28)31)26-15-17-9-7-14-34-17/h3-7,9-11,14,16,20,26H,2,8,12-13,15H2,1H3,(H,27,29)(H,32,33)/b5-3-. The number of furan rings is 1. The highest BCUT2D eigenvalue weighted by Gasteiger charge is 2.44. The lowest BCUT2D eigenvalue weighted by Gasteiger charge is -2.23. The molecule has 0 radical (unpaired) electrons. The number of aliphatic carboxylic acids is 1. The van der Waals surface area contributed by atoms with Crippen LogP contribution in [0.5, 0.6) is 0 Å². The lowest BCUT2D eigenvalue weighted by Crippen LogP contribution is -2.45. The maximum absolute atomic E-state index is 13.2. The number of carboxylic acid groups (broad SMARTS) is 1. The summed E-state index contributed by atoms with van der Waals surface area (Å²) in [5, 5.41) is 15.6. The molecule has 0 saturated carbocycles. The Bertz CT molecular complexity index is 1110. The molecule has 34 heavy (non-hydrogen) atoms. The Hall–Kier alpha value is -4.14. The number of imide groups is 1. The van der Waals surface area contributed by atoms with E-state index < -0.39 is 29.7 Å². The summed E-state index contributed by atoms with van der Waals surface area (Å²) < 4.78 is 5.27. The highest BCUT2D eigenvalue weighted by molar-refractivity contribution is 6.24. The van der Waals surface area contributed by atoms with Crippen molar-refractivity contribution >= 4 is 29.4 Å². The van der Waals surface area contributed by atoms with Gasteiger partial charge in [-0.05, 0) is 44.0 Å². The normalized spacial score (nSPS) is 14.7. The van der Waals surface area contributed by atoms with Gasteiger partial charge in [0.05, 0.1) is 30.0 Å². The molecular weight excluding hydrogens is 438 g/mol. The number of hydrogen-bond donors (Lipinski definition) is 3. The second kappa shape index (κ2) is 11.1. The molecule has 2 unspecified atom stereocenters. The molecule has 9 heteroatoms. The van der Waals surface area contributed by atoms with Crippen molar-refractivity contribution in [1.82, 2.24) is 10.2 Å². The molecule has 2 heterocycles. The summed E-state index contributed by atoms with van der Waals surface area (Å²) in [6.45, 7) is 5.83. The van der Waals surface area contributed by atoms with Gasteiger partial charge in [-0.1, -0.05) is 24.3 Å². The molecule has 3 rings (SSSR count).